The first-order valence-corrected chi connectivity index (χ1v) is 11.4. The molecule has 12 nitrogen and oxygen atoms in total. The van der Waals surface area contributed by atoms with E-state index in [4.69, 9.17) is 17.2 Å². The van der Waals surface area contributed by atoms with E-state index >= 15 is 0 Å². The number of thioether (sulfide) groups is 1. The molecule has 0 saturated heterocycles. The highest BCUT2D eigenvalue weighted by atomic mass is 32.2. The Kier molecular flexibility index (Phi) is 15.1. The molecule has 0 aromatic carbocycles. The maximum atomic E-state index is 12.7. The van der Waals surface area contributed by atoms with Crippen LogP contribution >= 0.6 is 11.8 Å². The molecule has 10 N–H and O–H groups in total. The van der Waals surface area contributed by atoms with Gasteiger partial charge in [0, 0.05) is 6.42 Å². The maximum absolute atomic E-state index is 12.7. The van der Waals surface area contributed by atoms with Gasteiger partial charge in [-0.1, -0.05) is 0 Å². The minimum absolute atomic E-state index is 0.173. The summed E-state index contributed by atoms with van der Waals surface area (Å²) in [7, 11) is 0. The number of amides is 4. The summed E-state index contributed by atoms with van der Waals surface area (Å²) in [5, 5.41) is 16.7. The van der Waals surface area contributed by atoms with Gasteiger partial charge in [-0.2, -0.15) is 11.8 Å². The first kappa shape index (κ1) is 28.6. The van der Waals surface area contributed by atoms with Crippen molar-refractivity contribution in [3.63, 3.8) is 0 Å². The molecule has 3 unspecified atom stereocenters. The third kappa shape index (κ3) is 12.8. The molecular weight excluding hydrogens is 428 g/mol. The highest BCUT2D eigenvalue weighted by Gasteiger charge is 2.29. The molecule has 0 aliphatic carbocycles. The van der Waals surface area contributed by atoms with E-state index in [1.807, 2.05) is 6.26 Å². The average molecular weight is 463 g/mol. The third-order valence-electron chi connectivity index (χ3n) is 4.32. The monoisotopic (exact) mass is 462 g/mol. The number of nitrogens with two attached hydrogens (primary N) is 3. The van der Waals surface area contributed by atoms with Crippen LogP contribution in [-0.2, 0) is 24.0 Å². The molecule has 4 amide bonds. The number of aliphatic carboxylic acids is 1. The topological polar surface area (TPSA) is 220 Å². The Labute approximate surface area is 185 Å². The summed E-state index contributed by atoms with van der Waals surface area (Å²) < 4.78 is 0. The largest absolute Gasteiger partial charge is 0.480 e. The number of rotatable bonds is 17. The number of carboxylic acid groups (broad SMARTS) is 1. The zero-order valence-corrected chi connectivity index (χ0v) is 18.5. The van der Waals surface area contributed by atoms with Crippen LogP contribution in [0.25, 0.3) is 0 Å². The quantitative estimate of drug-likeness (QED) is 0.115. The van der Waals surface area contributed by atoms with Crippen LogP contribution in [0.2, 0.25) is 0 Å². The van der Waals surface area contributed by atoms with Crippen LogP contribution in [0.5, 0.6) is 0 Å². The van der Waals surface area contributed by atoms with Crippen molar-refractivity contribution < 1.29 is 29.1 Å². The van der Waals surface area contributed by atoms with Crippen molar-refractivity contribution in [3.8, 4) is 0 Å². The fourth-order valence-electron chi connectivity index (χ4n) is 2.61. The predicted molar refractivity (Wildman–Crippen MR) is 117 cm³/mol. The summed E-state index contributed by atoms with van der Waals surface area (Å²) in [5.74, 6) is -3.29. The first-order chi connectivity index (χ1) is 14.7. The molecule has 178 valence electrons. The van der Waals surface area contributed by atoms with E-state index in [0.29, 0.717) is 31.6 Å². The van der Waals surface area contributed by atoms with E-state index < -0.39 is 47.7 Å². The predicted octanol–water partition coefficient (Wildman–Crippen LogP) is -2.37. The fraction of sp³-hybridized carbons (Fsp3) is 0.722. The van der Waals surface area contributed by atoms with Crippen LogP contribution in [0.3, 0.4) is 0 Å². The van der Waals surface area contributed by atoms with Gasteiger partial charge in [-0.3, -0.25) is 19.2 Å². The average Bonchev–Trinajstić information content (AvgIpc) is 2.72. The Balaban J connectivity index is 5.27. The molecular formula is C18H34N6O6S. The van der Waals surface area contributed by atoms with Gasteiger partial charge in [-0.25, -0.2) is 4.79 Å². The second-order valence-electron chi connectivity index (χ2n) is 6.86. The lowest BCUT2D eigenvalue weighted by molar-refractivity contribution is -0.142. The van der Waals surface area contributed by atoms with Gasteiger partial charge in [0.05, 0.1) is 6.54 Å². The van der Waals surface area contributed by atoms with Crippen molar-refractivity contribution >= 4 is 41.4 Å². The molecule has 0 radical (unpaired) electrons. The highest BCUT2D eigenvalue weighted by Crippen LogP contribution is 2.06. The van der Waals surface area contributed by atoms with Crippen molar-refractivity contribution in [1.82, 2.24) is 16.0 Å². The summed E-state index contributed by atoms with van der Waals surface area (Å²) in [6.45, 7) is 0.136. The van der Waals surface area contributed by atoms with E-state index in [9.17, 15) is 29.1 Å². The lowest BCUT2D eigenvalue weighted by Crippen LogP contribution is -2.56. The number of carbonyl (C=O) groups excluding carboxylic acids is 4. The number of carboxylic acids is 1. The molecule has 0 fully saturated rings. The second-order valence-corrected chi connectivity index (χ2v) is 7.84. The van der Waals surface area contributed by atoms with Gasteiger partial charge in [-0.05, 0) is 50.7 Å². The maximum Gasteiger partial charge on any atom is 0.326 e. The van der Waals surface area contributed by atoms with E-state index in [0.717, 1.165) is 0 Å². The molecule has 0 saturated carbocycles. The van der Waals surface area contributed by atoms with Crippen LogP contribution < -0.4 is 33.2 Å². The smallest absolute Gasteiger partial charge is 0.326 e. The molecule has 0 heterocycles. The summed E-state index contributed by atoms with van der Waals surface area (Å²) in [6, 6.07) is -3.26. The summed E-state index contributed by atoms with van der Waals surface area (Å²) >= 11 is 1.44. The van der Waals surface area contributed by atoms with Crippen LogP contribution in [0.4, 0.5) is 0 Å². The Bertz CT molecular complexity index is 620. The van der Waals surface area contributed by atoms with Crippen LogP contribution in [0, 0.1) is 0 Å². The minimum Gasteiger partial charge on any atom is -0.480 e. The van der Waals surface area contributed by atoms with Crippen LogP contribution in [-0.4, -0.2) is 77.9 Å². The lowest BCUT2D eigenvalue weighted by atomic mass is 10.1. The first-order valence-electron chi connectivity index (χ1n) is 9.96. The van der Waals surface area contributed by atoms with Crippen molar-refractivity contribution in [2.75, 3.05) is 25.1 Å². The third-order valence-corrected chi connectivity index (χ3v) is 4.97. The van der Waals surface area contributed by atoms with E-state index in [1.165, 1.54) is 11.8 Å². The SMILES string of the molecule is CSCCC(NC(=O)C(CCCCN)NC(=O)CN)C(=O)NC(CCC(N)=O)C(=O)O. The van der Waals surface area contributed by atoms with Gasteiger partial charge in [0.1, 0.15) is 18.1 Å². The van der Waals surface area contributed by atoms with E-state index in [1.54, 1.807) is 0 Å². The zero-order chi connectivity index (χ0) is 23.8. The van der Waals surface area contributed by atoms with Gasteiger partial charge in [0.15, 0.2) is 0 Å². The molecule has 0 aliphatic heterocycles. The molecule has 13 heteroatoms. The van der Waals surface area contributed by atoms with Crippen LogP contribution in [0.15, 0.2) is 0 Å². The van der Waals surface area contributed by atoms with E-state index in [2.05, 4.69) is 16.0 Å². The standard InChI is InChI=1S/C18H34N6O6S/c1-31-9-7-12(17(28)24-13(18(29)30)5-6-14(21)25)23-16(27)11(4-2-3-8-19)22-15(26)10-20/h11-13H,2-10,19-20H2,1H3,(H2,21,25)(H,22,26)(H,23,27)(H,24,28)(H,29,30). The highest BCUT2D eigenvalue weighted by molar-refractivity contribution is 7.98. The Hall–Kier alpha value is -2.38. The van der Waals surface area contributed by atoms with Crippen molar-refractivity contribution in [3.05, 3.63) is 0 Å². The molecule has 0 aromatic heterocycles. The van der Waals surface area contributed by atoms with Gasteiger partial charge >= 0.3 is 5.97 Å². The fourth-order valence-corrected chi connectivity index (χ4v) is 3.08. The number of unbranched alkanes of at least 4 members (excludes halogenated alkanes) is 1. The van der Waals surface area contributed by atoms with Gasteiger partial charge in [0.2, 0.25) is 23.6 Å². The second kappa shape index (κ2) is 16.3. The van der Waals surface area contributed by atoms with Gasteiger partial charge in [-0.15, -0.1) is 0 Å². The summed E-state index contributed by atoms with van der Waals surface area (Å²) in [6.07, 6.45) is 3.21. The lowest BCUT2D eigenvalue weighted by Gasteiger charge is -2.24. The summed E-state index contributed by atoms with van der Waals surface area (Å²) in [4.78, 5) is 59.4. The number of primary amides is 1. The zero-order valence-electron chi connectivity index (χ0n) is 17.7. The van der Waals surface area contributed by atoms with Crippen molar-refractivity contribution in [2.24, 2.45) is 17.2 Å². The van der Waals surface area contributed by atoms with Crippen LogP contribution in [0.1, 0.15) is 38.5 Å². The molecule has 0 spiro atoms. The molecule has 0 rings (SSSR count). The van der Waals surface area contributed by atoms with Gasteiger partial charge in [0.25, 0.3) is 0 Å². The molecule has 0 aliphatic rings. The number of carbonyl (C=O) groups is 5. The molecule has 0 bridgehead atoms. The van der Waals surface area contributed by atoms with E-state index in [-0.39, 0.29) is 25.8 Å². The number of hydrogen-bond donors (Lipinski definition) is 7. The van der Waals surface area contributed by atoms with Crippen molar-refractivity contribution in [1.29, 1.82) is 0 Å². The summed E-state index contributed by atoms with van der Waals surface area (Å²) in [5.41, 5.74) is 15.8. The normalized spacial score (nSPS) is 13.5. The Morgan fingerprint density at radius 3 is 1.94 bits per heavy atom. The molecule has 3 atom stereocenters. The minimum atomic E-state index is -1.33. The Morgan fingerprint density at radius 1 is 0.871 bits per heavy atom. The van der Waals surface area contributed by atoms with Gasteiger partial charge < -0.3 is 38.3 Å². The molecule has 31 heavy (non-hydrogen) atoms. The number of hydrogen-bond acceptors (Lipinski definition) is 8. The molecule has 0 aromatic rings. The Morgan fingerprint density at radius 2 is 1.45 bits per heavy atom. The number of nitrogens with one attached hydrogen (secondary N) is 3. The van der Waals surface area contributed by atoms with Crippen molar-refractivity contribution in [2.45, 2.75) is 56.7 Å².